The number of hydrogen-bond acceptors (Lipinski definition) is 29. The van der Waals surface area contributed by atoms with Gasteiger partial charge in [0, 0.05) is 160 Å². The first kappa shape index (κ1) is 108. The normalized spacial score (nSPS) is 19.2. The van der Waals surface area contributed by atoms with E-state index < -0.39 is 29.8 Å². The molecule has 15 heterocycles. The van der Waals surface area contributed by atoms with Crippen molar-refractivity contribution in [1.82, 2.24) is 68.7 Å². The van der Waals surface area contributed by atoms with Crippen molar-refractivity contribution in [1.29, 1.82) is 21.3 Å². The average molecular weight is 2060 g/mol. The van der Waals surface area contributed by atoms with Crippen LogP contribution in [0.15, 0.2) is 250 Å². The Labute approximate surface area is 850 Å². The molecular weight excluding hydrogens is 1960 g/mol. The number of ether oxygens (including phenoxy) is 5. The summed E-state index contributed by atoms with van der Waals surface area (Å²) in [5.41, 5.74) is 18.4. The number of alkyl carbamates (subject to hydrolysis) is 2. The molecule has 730 valence electrons. The largest absolute Gasteiger partial charge is 1.00 e. The van der Waals surface area contributed by atoms with Crippen LogP contribution in [-0.4, -0.2) is 189 Å². The number of amides is 2. The predicted octanol–water partition coefficient (Wildman–Crippen LogP) is 14.1. The first-order valence-corrected chi connectivity index (χ1v) is 45.7. The van der Waals surface area contributed by atoms with Gasteiger partial charge in [-0.3, -0.25) is 38.5 Å². The number of imidazole rings is 3. The molecule has 6 saturated heterocycles. The first-order valence-electron chi connectivity index (χ1n) is 43.3. The second kappa shape index (κ2) is 49.1. The number of carbonyl (C=O) groups is 3. The van der Waals surface area contributed by atoms with Crippen molar-refractivity contribution in [3.63, 3.8) is 0 Å². The van der Waals surface area contributed by atoms with E-state index in [1.54, 1.807) is 78.9 Å². The number of piperidine rings is 3. The number of thiol groups is 1. The van der Waals surface area contributed by atoms with E-state index in [0.717, 1.165) is 176 Å². The number of aromatic nitrogens is 12. The van der Waals surface area contributed by atoms with Gasteiger partial charge in [-0.2, -0.15) is 34.5 Å². The zero-order chi connectivity index (χ0) is 99.1. The molecule has 0 aliphatic carbocycles. The Balaban J connectivity index is 0.000000173. The standard InChI is InChI=1S/C30H33N7O3S.C25H25N7OS.C20H28N5O3.C10H5BrN2.C2HF3O.H3N17.Na.H2S/c1-19-25(35-28(38)40-29(2,3)4)30(18-39-19)8-12-36(13-9-30)27-34-17-24(26-33-11-14-37(26)27)41-23-7-10-32-22-6-5-20(16-31)15-21(22)23;1-16-22(27)25(15-33-16)5-9-31(10-6-25)24-30-14-21(23-29-8-11-32(23)24)34-20-4-7-28-19-3-2-17(13-26)12-18(19)20;1-14-16(23-18(26)28-19(2,3)4)20(13-27-14)6-10-24(11-7-20)17-22-8-5-15-21-9-12-25(15)17;11-9-3-4-13-10-2-1-7(6-12)5-8(9)10;3-2(4,5)1-6;1-3-5-7-9-11-13-15-17-16-14-12-10-8-6-4-2;;/h5-7,10-11,14-15,17,19,25H,8-9,12-13,18H2,1-4H3,(H,35,38);2-4,7-8,11-12,14,16,22H,5-6,9-10,15,27H2,1H3;8-9,12,14,16H,6-7,10-11,13H2,1-4H3,(H,23,26);1-5H;1H;(H3,1,2,5,6,9,10,13,14,17);;1H2/q;;-1;;;;+1;/p-1/t19-,25+;16-,22+;14-,16+;;;;;/m000...../s1. The Morgan fingerprint density at radius 1 is 0.518 bits per heavy atom. The van der Waals surface area contributed by atoms with E-state index in [1.807, 2.05) is 156 Å². The molecule has 54 heteroatoms. The molecule has 2 amide bonds. The molecule has 0 saturated carbocycles. The molecule has 6 aliphatic rings. The number of halogens is 4. The predicted molar refractivity (Wildman–Crippen MR) is 509 cm³/mol. The Bertz CT molecular complexity index is 6740. The van der Waals surface area contributed by atoms with Gasteiger partial charge < -0.3 is 84.6 Å². The van der Waals surface area contributed by atoms with Crippen molar-refractivity contribution in [2.24, 2.45) is 106 Å². The minimum absolute atomic E-state index is 0. The van der Waals surface area contributed by atoms with Gasteiger partial charge in [0.2, 0.25) is 24.1 Å². The molecule has 141 heavy (non-hydrogen) atoms. The SMILES string of the molecule is C[C@@H]1OCC2(CCN(c3nc[c-]c4nccn34)CC2)[C@@H]1NC(=O)OC(C)(C)C.C[C@@H]1OCC2(CCN(c3ncc(Sc4ccnc5ccc(C#N)cc45)c4nccn34)CC2)[C@@H]1N.C[C@@H]1OCC2(CCN(c3ncc(Sc4ccnc5ccc(C#N)cc45)c4nccn34)CC2)[C@@H]1NC(=O)OC(C)(C)C.N#Cc1ccc2nccc(Br)c2c1.N=N/N=N/N=N/N=N/N=N/N=N/N=N/N=N/N.O=CC(F)(F)F.[Na+].[SH-]. The van der Waals surface area contributed by atoms with Crippen LogP contribution in [-0.2, 0) is 42.0 Å². The summed E-state index contributed by atoms with van der Waals surface area (Å²) in [5, 5.41) is 79.7. The van der Waals surface area contributed by atoms with Crippen LogP contribution < -0.4 is 66.5 Å². The Hall–Kier alpha value is -13.4. The summed E-state index contributed by atoms with van der Waals surface area (Å²) < 4.78 is 67.2. The second-order valence-corrected chi connectivity index (χ2v) is 37.5. The molecule has 0 bridgehead atoms. The molecule has 46 nitrogen and oxygen atoms in total. The van der Waals surface area contributed by atoms with Crippen LogP contribution in [0.2, 0.25) is 0 Å². The summed E-state index contributed by atoms with van der Waals surface area (Å²) in [6.45, 7) is 24.4. The van der Waals surface area contributed by atoms with E-state index in [0.29, 0.717) is 29.9 Å². The van der Waals surface area contributed by atoms with Gasteiger partial charge in [0.1, 0.15) is 11.2 Å². The van der Waals surface area contributed by atoms with Crippen LogP contribution in [0.4, 0.5) is 40.6 Å². The van der Waals surface area contributed by atoms with Gasteiger partial charge in [-0.05, 0) is 252 Å². The Morgan fingerprint density at radius 2 is 0.879 bits per heavy atom. The molecule has 3 aromatic carbocycles. The number of nitrogens with zero attached hydrogens (tertiary/aromatic N) is 33. The van der Waals surface area contributed by atoms with Crippen LogP contribution in [0, 0.1) is 61.8 Å². The minimum Gasteiger partial charge on any atom is -0.813 e. The average Bonchev–Trinajstić information content (AvgIpc) is 1.65. The maximum Gasteiger partial charge on any atom is 1.00 e. The number of pyridine rings is 3. The van der Waals surface area contributed by atoms with E-state index in [9.17, 15) is 33.3 Å². The number of aldehydes is 1. The maximum absolute atomic E-state index is 12.6. The van der Waals surface area contributed by atoms with E-state index in [4.69, 9.17) is 55.0 Å². The number of rotatable bonds is 16. The molecule has 0 radical (unpaired) electrons. The fourth-order valence-electron chi connectivity index (χ4n) is 16.8. The summed E-state index contributed by atoms with van der Waals surface area (Å²) in [7, 11) is 0. The van der Waals surface area contributed by atoms with Crippen LogP contribution in [0.3, 0.4) is 0 Å². The van der Waals surface area contributed by atoms with E-state index in [-0.39, 0.29) is 102 Å². The number of benzene rings is 3. The molecule has 0 unspecified atom stereocenters. The number of nitriles is 3. The summed E-state index contributed by atoms with van der Waals surface area (Å²) >= 11 is 6.57. The second-order valence-electron chi connectivity index (χ2n) is 34.5. The smallest absolute Gasteiger partial charge is 0.813 e. The zero-order valence-corrected chi connectivity index (χ0v) is 84.1. The number of alkyl halides is 3. The molecule has 6 aliphatic heterocycles. The van der Waals surface area contributed by atoms with E-state index in [2.05, 4.69) is 196 Å². The van der Waals surface area contributed by atoms with Crippen LogP contribution in [0.1, 0.15) is 118 Å². The quantitative estimate of drug-likeness (QED) is 0.00876. The zero-order valence-electron chi connectivity index (χ0n) is 78.0. The monoisotopic (exact) mass is 2060 g/mol. The third kappa shape index (κ3) is 27.6. The fraction of sp³-hybridized carbons (Fsp3) is 0.414. The topological polar surface area (TPSA) is 593 Å². The van der Waals surface area contributed by atoms with Gasteiger partial charge >= 0.3 is 47.9 Å². The van der Waals surface area contributed by atoms with Crippen molar-refractivity contribution in [2.45, 2.75) is 174 Å². The van der Waals surface area contributed by atoms with Gasteiger partial charge in [0.25, 0.3) is 0 Å². The Morgan fingerprint density at radius 3 is 1.27 bits per heavy atom. The molecule has 6 fully saturated rings. The van der Waals surface area contributed by atoms with Gasteiger partial charge in [-0.15, -0.1) is 6.20 Å². The third-order valence-electron chi connectivity index (χ3n) is 23.4. The molecule has 3 spiro atoms. The van der Waals surface area contributed by atoms with Gasteiger partial charge in [0.15, 0.2) is 11.3 Å². The fourth-order valence-corrected chi connectivity index (χ4v) is 19.2. The van der Waals surface area contributed by atoms with Crippen molar-refractivity contribution in [3.8, 4) is 18.2 Å². The number of hydrogen-bond donors (Lipinski definition) is 5. The molecule has 18 rings (SSSR count). The summed E-state index contributed by atoms with van der Waals surface area (Å²) in [5.74, 6) is 7.20. The van der Waals surface area contributed by atoms with Gasteiger partial charge in [-0.1, -0.05) is 44.7 Å². The summed E-state index contributed by atoms with van der Waals surface area (Å²) in [6.07, 6.45) is 21.0. The van der Waals surface area contributed by atoms with Gasteiger partial charge in [0.05, 0.1) is 111 Å². The van der Waals surface area contributed by atoms with Crippen LogP contribution in [0.5, 0.6) is 0 Å². The number of fused-ring (bicyclic) bond motifs is 6. The van der Waals surface area contributed by atoms with Crippen molar-refractivity contribution < 1.29 is 80.8 Å². The van der Waals surface area contributed by atoms with E-state index >= 15 is 0 Å². The number of nitrogens with two attached hydrogens (primary N) is 2. The minimum atomic E-state index is -4.64. The maximum atomic E-state index is 12.6. The van der Waals surface area contributed by atoms with Crippen molar-refractivity contribution >= 4 is 139 Å². The Kier molecular flexibility index (Phi) is 37.6. The van der Waals surface area contributed by atoms with Crippen LogP contribution >= 0.6 is 39.5 Å². The number of nitrogens with one attached hydrogen (secondary N) is 3. The van der Waals surface area contributed by atoms with Crippen molar-refractivity contribution in [3.05, 3.63) is 174 Å². The molecule has 12 aromatic rings. The molecule has 6 atom stereocenters. The van der Waals surface area contributed by atoms with Crippen molar-refractivity contribution in [2.75, 3.05) is 73.8 Å². The first-order chi connectivity index (χ1) is 66.8. The van der Waals surface area contributed by atoms with E-state index in [1.165, 1.54) is 0 Å². The molecule has 7 N–H and O–H groups in total. The summed E-state index contributed by atoms with van der Waals surface area (Å²) in [4.78, 5) is 85.4. The molecular formula is C87H96BrF3N38NaO8S3-. The van der Waals surface area contributed by atoms with Crippen LogP contribution in [0.25, 0.3) is 49.7 Å². The molecule has 9 aromatic heterocycles. The van der Waals surface area contributed by atoms with Gasteiger partial charge in [-0.25, -0.2) is 29.5 Å². The number of carbonyl (C=O) groups excluding carboxylic acids is 3. The summed E-state index contributed by atoms with van der Waals surface area (Å²) in [6, 6.07) is 31.8. The third-order valence-corrected chi connectivity index (χ3v) is 26.3. The number of anilines is 3.